The molecule has 0 saturated carbocycles. The van der Waals surface area contributed by atoms with Crippen molar-refractivity contribution in [2.75, 3.05) is 0 Å². The maximum Gasteiger partial charge on any atom is 0.343 e. The van der Waals surface area contributed by atoms with Crippen LogP contribution < -0.4 is 9.47 Å². The topological polar surface area (TPSA) is 52.6 Å². The van der Waals surface area contributed by atoms with Crippen molar-refractivity contribution in [3.05, 3.63) is 59.2 Å². The molecule has 0 spiro atoms. The fourth-order valence-corrected chi connectivity index (χ4v) is 2.26. The molecule has 2 aromatic carbocycles. The Morgan fingerprint density at radius 3 is 2.12 bits per heavy atom. The van der Waals surface area contributed by atoms with Crippen molar-refractivity contribution in [3.63, 3.8) is 0 Å². The van der Waals surface area contributed by atoms with Crippen LogP contribution in [0.3, 0.4) is 0 Å². The van der Waals surface area contributed by atoms with Crippen LogP contribution in [0.4, 0.5) is 0 Å². The van der Waals surface area contributed by atoms with Gasteiger partial charge in [0.15, 0.2) is 11.5 Å². The van der Waals surface area contributed by atoms with E-state index in [1.807, 2.05) is 19.1 Å². The standard InChI is InChI=1S/C20H22O4/c1-13-11-16(20(3,4)5)12-17(23-14(2)21)18(13)24-19(22)15-9-7-6-8-10-15/h6-12H,1-5H3. The molecule has 2 rings (SSSR count). The molecular weight excluding hydrogens is 304 g/mol. The van der Waals surface area contributed by atoms with Gasteiger partial charge in [0, 0.05) is 6.92 Å². The molecule has 0 aliphatic carbocycles. The van der Waals surface area contributed by atoms with E-state index in [1.54, 1.807) is 30.3 Å². The molecule has 2 aromatic rings. The average molecular weight is 326 g/mol. The first-order valence-electron chi connectivity index (χ1n) is 7.79. The molecule has 4 nitrogen and oxygen atoms in total. The van der Waals surface area contributed by atoms with Crippen LogP contribution in [0.15, 0.2) is 42.5 Å². The van der Waals surface area contributed by atoms with Crippen molar-refractivity contribution in [2.24, 2.45) is 0 Å². The van der Waals surface area contributed by atoms with E-state index in [2.05, 4.69) is 20.8 Å². The van der Waals surface area contributed by atoms with Gasteiger partial charge in [-0.3, -0.25) is 4.79 Å². The molecule has 0 aliphatic heterocycles. The summed E-state index contributed by atoms with van der Waals surface area (Å²) in [7, 11) is 0. The minimum atomic E-state index is -0.490. The summed E-state index contributed by atoms with van der Waals surface area (Å²) in [6, 6.07) is 12.4. The predicted molar refractivity (Wildman–Crippen MR) is 92.6 cm³/mol. The van der Waals surface area contributed by atoms with Crippen LogP contribution in [0.1, 0.15) is 49.2 Å². The summed E-state index contributed by atoms with van der Waals surface area (Å²) in [4.78, 5) is 23.8. The lowest BCUT2D eigenvalue weighted by Gasteiger charge is -2.22. The molecule has 0 aromatic heterocycles. The van der Waals surface area contributed by atoms with E-state index >= 15 is 0 Å². The molecule has 0 bridgehead atoms. The lowest BCUT2D eigenvalue weighted by molar-refractivity contribution is -0.132. The summed E-state index contributed by atoms with van der Waals surface area (Å²) in [6.45, 7) is 9.34. The Labute approximate surface area is 142 Å². The lowest BCUT2D eigenvalue weighted by atomic mass is 9.86. The highest BCUT2D eigenvalue weighted by Crippen LogP contribution is 2.37. The highest BCUT2D eigenvalue weighted by atomic mass is 16.6. The van der Waals surface area contributed by atoms with Gasteiger partial charge >= 0.3 is 11.9 Å². The van der Waals surface area contributed by atoms with Crippen molar-refractivity contribution >= 4 is 11.9 Å². The SMILES string of the molecule is CC(=O)Oc1cc(C(C)(C)C)cc(C)c1OC(=O)c1ccccc1. The third kappa shape index (κ3) is 4.22. The average Bonchev–Trinajstić information content (AvgIpc) is 2.49. The van der Waals surface area contributed by atoms with E-state index in [-0.39, 0.29) is 16.9 Å². The van der Waals surface area contributed by atoms with E-state index in [4.69, 9.17) is 9.47 Å². The minimum absolute atomic E-state index is 0.123. The molecule has 0 fully saturated rings. The molecule has 0 radical (unpaired) electrons. The summed E-state index contributed by atoms with van der Waals surface area (Å²) in [5, 5.41) is 0. The van der Waals surface area contributed by atoms with Crippen molar-refractivity contribution in [1.29, 1.82) is 0 Å². The van der Waals surface area contributed by atoms with E-state index < -0.39 is 11.9 Å². The van der Waals surface area contributed by atoms with Crippen molar-refractivity contribution in [2.45, 2.75) is 40.0 Å². The summed E-state index contributed by atoms with van der Waals surface area (Å²) < 4.78 is 10.8. The molecule has 0 saturated heterocycles. The quantitative estimate of drug-likeness (QED) is 0.618. The second-order valence-electron chi connectivity index (χ2n) is 6.72. The fourth-order valence-electron chi connectivity index (χ4n) is 2.26. The van der Waals surface area contributed by atoms with E-state index in [1.165, 1.54) is 6.92 Å². The molecule has 4 heteroatoms. The van der Waals surface area contributed by atoms with Gasteiger partial charge in [-0.2, -0.15) is 0 Å². The highest BCUT2D eigenvalue weighted by Gasteiger charge is 2.22. The third-order valence-electron chi connectivity index (χ3n) is 3.56. The fraction of sp³-hybridized carbons (Fsp3) is 0.300. The summed E-state index contributed by atoms with van der Waals surface area (Å²) in [5.74, 6) is -0.420. The van der Waals surface area contributed by atoms with Gasteiger partial charge in [0.25, 0.3) is 0 Å². The molecule has 0 unspecified atom stereocenters. The number of aryl methyl sites for hydroxylation is 1. The summed E-state index contributed by atoms with van der Waals surface area (Å²) in [5.41, 5.74) is 2.05. The Hall–Kier alpha value is -2.62. The van der Waals surface area contributed by atoms with E-state index in [0.29, 0.717) is 5.56 Å². The Balaban J connectivity index is 2.44. The van der Waals surface area contributed by atoms with Gasteiger partial charge < -0.3 is 9.47 Å². The predicted octanol–water partition coefficient (Wildman–Crippen LogP) is 4.44. The Morgan fingerprint density at radius 2 is 1.58 bits per heavy atom. The number of hydrogen-bond acceptors (Lipinski definition) is 4. The zero-order chi connectivity index (χ0) is 17.9. The summed E-state index contributed by atoms with van der Waals surface area (Å²) in [6.07, 6.45) is 0. The smallest absolute Gasteiger partial charge is 0.343 e. The highest BCUT2D eigenvalue weighted by molar-refractivity contribution is 5.91. The van der Waals surface area contributed by atoms with Crippen LogP contribution in [-0.2, 0) is 10.2 Å². The molecule has 0 aliphatic rings. The van der Waals surface area contributed by atoms with Gasteiger partial charge in [-0.05, 0) is 41.7 Å². The Bertz CT molecular complexity index is 755. The maximum atomic E-state index is 12.3. The number of hydrogen-bond donors (Lipinski definition) is 0. The first-order valence-corrected chi connectivity index (χ1v) is 7.79. The van der Waals surface area contributed by atoms with Gasteiger partial charge in [-0.1, -0.05) is 45.0 Å². The number of ether oxygens (including phenoxy) is 2. The van der Waals surface area contributed by atoms with Gasteiger partial charge in [-0.25, -0.2) is 4.79 Å². The van der Waals surface area contributed by atoms with Gasteiger partial charge in [0.05, 0.1) is 5.56 Å². The van der Waals surface area contributed by atoms with Gasteiger partial charge in [0.1, 0.15) is 0 Å². The number of rotatable bonds is 3. The van der Waals surface area contributed by atoms with Crippen LogP contribution in [0.2, 0.25) is 0 Å². The normalized spacial score (nSPS) is 11.0. The van der Waals surface area contributed by atoms with Crippen LogP contribution in [0, 0.1) is 6.92 Å². The first kappa shape index (κ1) is 17.7. The van der Waals surface area contributed by atoms with Crippen molar-refractivity contribution in [3.8, 4) is 11.5 Å². The third-order valence-corrected chi connectivity index (χ3v) is 3.56. The number of benzene rings is 2. The molecule has 0 amide bonds. The molecule has 126 valence electrons. The molecule has 0 atom stereocenters. The number of carbonyl (C=O) groups is 2. The van der Waals surface area contributed by atoms with Gasteiger partial charge in [-0.15, -0.1) is 0 Å². The lowest BCUT2D eigenvalue weighted by Crippen LogP contribution is -2.15. The summed E-state index contributed by atoms with van der Waals surface area (Å²) >= 11 is 0. The van der Waals surface area contributed by atoms with E-state index in [9.17, 15) is 9.59 Å². The number of carbonyl (C=O) groups excluding carboxylic acids is 2. The maximum absolute atomic E-state index is 12.3. The second kappa shape index (κ2) is 6.87. The van der Waals surface area contributed by atoms with Crippen LogP contribution in [-0.4, -0.2) is 11.9 Å². The molecule has 24 heavy (non-hydrogen) atoms. The largest absolute Gasteiger partial charge is 0.423 e. The van der Waals surface area contributed by atoms with Crippen molar-refractivity contribution < 1.29 is 19.1 Å². The van der Waals surface area contributed by atoms with Crippen molar-refractivity contribution in [1.82, 2.24) is 0 Å². The van der Waals surface area contributed by atoms with Gasteiger partial charge in [0.2, 0.25) is 0 Å². The molecule has 0 N–H and O–H groups in total. The molecule has 0 heterocycles. The van der Waals surface area contributed by atoms with Crippen LogP contribution in [0.25, 0.3) is 0 Å². The van der Waals surface area contributed by atoms with E-state index in [0.717, 1.165) is 11.1 Å². The molecular formula is C20H22O4. The zero-order valence-corrected chi connectivity index (χ0v) is 14.7. The van der Waals surface area contributed by atoms with Crippen LogP contribution in [0.5, 0.6) is 11.5 Å². The monoisotopic (exact) mass is 326 g/mol. The first-order chi connectivity index (χ1) is 11.2. The van der Waals surface area contributed by atoms with Crippen LogP contribution >= 0.6 is 0 Å². The minimum Gasteiger partial charge on any atom is -0.423 e. The Kier molecular flexibility index (Phi) is 5.07. The number of esters is 2. The Morgan fingerprint density at radius 1 is 0.958 bits per heavy atom. The second-order valence-corrected chi connectivity index (χ2v) is 6.72. The zero-order valence-electron chi connectivity index (χ0n) is 14.7.